The summed E-state index contributed by atoms with van der Waals surface area (Å²) in [6.07, 6.45) is 0.809. The number of hydrogen-bond acceptors (Lipinski definition) is 4. The number of Topliss-reactive ketones (excluding diaryl/α,β-unsaturated/α-hetero) is 1. The van der Waals surface area contributed by atoms with Crippen molar-refractivity contribution in [2.75, 3.05) is 24.6 Å². The highest BCUT2D eigenvalue weighted by atomic mass is 32.2. The summed E-state index contributed by atoms with van der Waals surface area (Å²) in [6, 6.07) is 0. The molecule has 1 saturated heterocycles. The van der Waals surface area contributed by atoms with Gasteiger partial charge in [-0.15, -0.1) is 0 Å². The van der Waals surface area contributed by atoms with Crippen LogP contribution in [0.25, 0.3) is 0 Å². The molecule has 1 aliphatic heterocycles. The molecule has 1 N–H and O–H groups in total. The summed E-state index contributed by atoms with van der Waals surface area (Å²) < 4.78 is 0. The van der Waals surface area contributed by atoms with Crippen molar-refractivity contribution in [3.05, 3.63) is 0 Å². The molecule has 6 heteroatoms. The predicted octanol–water partition coefficient (Wildman–Crippen LogP) is -0.394. The number of amides is 1. The molecule has 0 unspecified atom stereocenters. The van der Waals surface area contributed by atoms with Gasteiger partial charge in [0.1, 0.15) is 0 Å². The Bertz CT molecular complexity index is 258. The number of carbonyl (C=O) groups is 3. The lowest BCUT2D eigenvalue weighted by molar-refractivity contribution is -0.156. The number of thioether (sulfide) groups is 1. The van der Waals surface area contributed by atoms with E-state index < -0.39 is 17.7 Å². The van der Waals surface area contributed by atoms with Crippen LogP contribution in [0.2, 0.25) is 0 Å². The molecule has 0 atom stereocenters. The first kappa shape index (κ1) is 11.0. The van der Waals surface area contributed by atoms with Gasteiger partial charge in [-0.05, 0) is 12.2 Å². The minimum atomic E-state index is -1.67. The standard InChI is InChI=1S/C8H11NO4S/c10-6(8(12)13)7(11)9-2-1-4-14-5-3-9/h1-5H2,(H,12,13). The number of nitrogens with zero attached hydrogens (tertiary/aromatic N) is 1. The van der Waals surface area contributed by atoms with Crippen LogP contribution < -0.4 is 0 Å². The van der Waals surface area contributed by atoms with E-state index >= 15 is 0 Å². The Morgan fingerprint density at radius 1 is 1.14 bits per heavy atom. The van der Waals surface area contributed by atoms with Gasteiger partial charge >= 0.3 is 17.7 Å². The van der Waals surface area contributed by atoms with Gasteiger partial charge in [0.2, 0.25) is 0 Å². The molecule has 0 saturated carbocycles. The Hall–Kier alpha value is -1.04. The van der Waals surface area contributed by atoms with Crippen molar-refractivity contribution in [3.8, 4) is 0 Å². The zero-order chi connectivity index (χ0) is 10.6. The zero-order valence-corrected chi connectivity index (χ0v) is 8.38. The van der Waals surface area contributed by atoms with Gasteiger partial charge in [-0.25, -0.2) is 4.79 Å². The highest BCUT2D eigenvalue weighted by Gasteiger charge is 2.27. The second-order valence-electron chi connectivity index (χ2n) is 2.89. The molecular weight excluding hydrogens is 206 g/mol. The molecule has 1 fully saturated rings. The van der Waals surface area contributed by atoms with E-state index in [1.54, 1.807) is 11.8 Å². The summed E-state index contributed by atoms with van der Waals surface area (Å²) in [4.78, 5) is 33.7. The molecule has 0 aliphatic carbocycles. The second-order valence-corrected chi connectivity index (χ2v) is 4.12. The van der Waals surface area contributed by atoms with E-state index in [2.05, 4.69) is 0 Å². The van der Waals surface area contributed by atoms with Crippen molar-refractivity contribution in [1.82, 2.24) is 4.90 Å². The van der Waals surface area contributed by atoms with E-state index in [0.29, 0.717) is 13.1 Å². The van der Waals surface area contributed by atoms with Crippen molar-refractivity contribution in [3.63, 3.8) is 0 Å². The molecule has 14 heavy (non-hydrogen) atoms. The van der Waals surface area contributed by atoms with Gasteiger partial charge in [0.25, 0.3) is 0 Å². The number of rotatable bonds is 2. The molecule has 0 aromatic carbocycles. The summed E-state index contributed by atoms with van der Waals surface area (Å²) in [7, 11) is 0. The first-order chi connectivity index (χ1) is 6.63. The van der Waals surface area contributed by atoms with E-state index in [1.807, 2.05) is 0 Å². The summed E-state index contributed by atoms with van der Waals surface area (Å²) in [5.74, 6) is -2.19. The van der Waals surface area contributed by atoms with E-state index in [-0.39, 0.29) is 0 Å². The van der Waals surface area contributed by atoms with Gasteiger partial charge in [-0.3, -0.25) is 9.59 Å². The summed E-state index contributed by atoms with van der Waals surface area (Å²) in [5, 5.41) is 8.35. The highest BCUT2D eigenvalue weighted by Crippen LogP contribution is 2.10. The third kappa shape index (κ3) is 2.73. The van der Waals surface area contributed by atoms with Gasteiger partial charge < -0.3 is 10.0 Å². The van der Waals surface area contributed by atoms with Crippen LogP contribution in [0, 0.1) is 0 Å². The van der Waals surface area contributed by atoms with Crippen molar-refractivity contribution in [1.29, 1.82) is 0 Å². The molecule has 0 radical (unpaired) electrons. The maximum atomic E-state index is 11.3. The molecule has 0 bridgehead atoms. The number of hydrogen-bond donors (Lipinski definition) is 1. The van der Waals surface area contributed by atoms with E-state index in [0.717, 1.165) is 17.9 Å². The fraction of sp³-hybridized carbons (Fsp3) is 0.625. The van der Waals surface area contributed by atoms with Gasteiger partial charge in [-0.1, -0.05) is 0 Å². The molecule has 0 aromatic heterocycles. The fourth-order valence-electron chi connectivity index (χ4n) is 1.18. The molecule has 1 heterocycles. The molecule has 0 spiro atoms. The van der Waals surface area contributed by atoms with Crippen LogP contribution in [0.3, 0.4) is 0 Å². The lowest BCUT2D eigenvalue weighted by Gasteiger charge is -2.17. The first-order valence-electron chi connectivity index (χ1n) is 4.27. The molecular formula is C8H11NO4S. The van der Waals surface area contributed by atoms with Crippen LogP contribution in [-0.2, 0) is 14.4 Å². The quantitative estimate of drug-likeness (QED) is 0.503. The number of aliphatic carboxylic acids is 1. The van der Waals surface area contributed by atoms with Crippen LogP contribution >= 0.6 is 11.8 Å². The Kier molecular flexibility index (Phi) is 3.94. The van der Waals surface area contributed by atoms with Crippen LogP contribution in [0.1, 0.15) is 6.42 Å². The van der Waals surface area contributed by atoms with Gasteiger partial charge in [0, 0.05) is 18.8 Å². The Morgan fingerprint density at radius 2 is 1.86 bits per heavy atom. The summed E-state index contributed by atoms with van der Waals surface area (Å²) >= 11 is 1.70. The van der Waals surface area contributed by atoms with Crippen molar-refractivity contribution < 1.29 is 19.5 Å². The Labute approximate surface area is 85.4 Å². The largest absolute Gasteiger partial charge is 0.475 e. The second kappa shape index (κ2) is 4.99. The van der Waals surface area contributed by atoms with Gasteiger partial charge in [-0.2, -0.15) is 11.8 Å². The third-order valence-corrected chi connectivity index (χ3v) is 2.95. The van der Waals surface area contributed by atoms with Crippen molar-refractivity contribution >= 4 is 29.4 Å². The zero-order valence-electron chi connectivity index (χ0n) is 7.56. The monoisotopic (exact) mass is 217 g/mol. The van der Waals surface area contributed by atoms with Gasteiger partial charge in [0.15, 0.2) is 0 Å². The third-order valence-electron chi connectivity index (χ3n) is 1.90. The molecule has 1 amide bonds. The van der Waals surface area contributed by atoms with Crippen molar-refractivity contribution in [2.45, 2.75) is 6.42 Å². The summed E-state index contributed by atoms with van der Waals surface area (Å²) in [6.45, 7) is 0.938. The number of carbonyl (C=O) groups excluding carboxylic acids is 2. The Balaban J connectivity index is 2.58. The van der Waals surface area contributed by atoms with E-state index in [1.165, 1.54) is 4.90 Å². The van der Waals surface area contributed by atoms with Crippen molar-refractivity contribution in [2.24, 2.45) is 0 Å². The normalized spacial score (nSPS) is 17.3. The number of ketones is 1. The average Bonchev–Trinajstić information content (AvgIpc) is 2.43. The van der Waals surface area contributed by atoms with Crippen LogP contribution in [0.15, 0.2) is 0 Å². The van der Waals surface area contributed by atoms with E-state index in [9.17, 15) is 14.4 Å². The molecule has 1 rings (SSSR count). The highest BCUT2D eigenvalue weighted by molar-refractivity contribution is 7.99. The predicted molar refractivity (Wildman–Crippen MR) is 51.2 cm³/mol. The minimum Gasteiger partial charge on any atom is -0.475 e. The smallest absolute Gasteiger partial charge is 0.382 e. The van der Waals surface area contributed by atoms with Gasteiger partial charge in [0.05, 0.1) is 0 Å². The molecule has 0 aromatic rings. The number of carboxylic acids is 1. The average molecular weight is 217 g/mol. The van der Waals surface area contributed by atoms with E-state index in [4.69, 9.17) is 5.11 Å². The van der Waals surface area contributed by atoms with Crippen LogP contribution in [-0.4, -0.2) is 52.3 Å². The maximum absolute atomic E-state index is 11.3. The first-order valence-corrected chi connectivity index (χ1v) is 5.42. The van der Waals surface area contributed by atoms with Crippen LogP contribution in [0.4, 0.5) is 0 Å². The minimum absolute atomic E-state index is 0.461. The lowest BCUT2D eigenvalue weighted by Crippen LogP contribution is -2.41. The molecule has 78 valence electrons. The number of carboxylic acid groups (broad SMARTS) is 1. The fourth-order valence-corrected chi connectivity index (χ4v) is 2.07. The summed E-state index contributed by atoms with van der Waals surface area (Å²) in [5.41, 5.74) is 0. The Morgan fingerprint density at radius 3 is 2.50 bits per heavy atom. The lowest BCUT2D eigenvalue weighted by atomic mass is 10.3. The maximum Gasteiger partial charge on any atom is 0.382 e. The topological polar surface area (TPSA) is 74.7 Å². The molecule has 1 aliphatic rings. The SMILES string of the molecule is O=C(O)C(=O)C(=O)N1CCCSCC1. The van der Waals surface area contributed by atoms with Crippen LogP contribution in [0.5, 0.6) is 0 Å². The molecule has 5 nitrogen and oxygen atoms in total.